The third kappa shape index (κ3) is 2.72. The first-order valence-corrected chi connectivity index (χ1v) is 8.12. The molecule has 5 heteroatoms. The Bertz CT molecular complexity index is 401. The molecule has 3 rings (SSSR count). The SMILES string of the molecule is OCC1CCn2nc(CC3CCCSC3)nc2C1. The van der Waals surface area contributed by atoms with Crippen LogP contribution in [0.25, 0.3) is 0 Å². The van der Waals surface area contributed by atoms with Crippen LogP contribution in [0.2, 0.25) is 0 Å². The van der Waals surface area contributed by atoms with Crippen molar-refractivity contribution in [3.05, 3.63) is 11.6 Å². The van der Waals surface area contributed by atoms with Crippen LogP contribution < -0.4 is 0 Å². The highest BCUT2D eigenvalue weighted by Gasteiger charge is 2.23. The highest BCUT2D eigenvalue weighted by Crippen LogP contribution is 2.25. The summed E-state index contributed by atoms with van der Waals surface area (Å²) in [4.78, 5) is 4.67. The van der Waals surface area contributed by atoms with E-state index >= 15 is 0 Å². The first-order valence-electron chi connectivity index (χ1n) is 6.96. The number of hydrogen-bond acceptors (Lipinski definition) is 4. The maximum atomic E-state index is 9.22. The lowest BCUT2D eigenvalue weighted by Gasteiger charge is -2.19. The molecule has 2 aliphatic heterocycles. The van der Waals surface area contributed by atoms with Gasteiger partial charge in [-0.2, -0.15) is 16.9 Å². The van der Waals surface area contributed by atoms with Crippen molar-refractivity contribution >= 4 is 11.8 Å². The van der Waals surface area contributed by atoms with Crippen LogP contribution in [0.15, 0.2) is 0 Å². The van der Waals surface area contributed by atoms with Gasteiger partial charge < -0.3 is 5.11 Å². The van der Waals surface area contributed by atoms with E-state index in [2.05, 4.69) is 26.5 Å². The molecule has 100 valence electrons. The molecule has 18 heavy (non-hydrogen) atoms. The lowest BCUT2D eigenvalue weighted by Crippen LogP contribution is -2.22. The van der Waals surface area contributed by atoms with Crippen LogP contribution >= 0.6 is 11.8 Å². The van der Waals surface area contributed by atoms with Gasteiger partial charge in [-0.05, 0) is 42.6 Å². The Morgan fingerprint density at radius 2 is 2.28 bits per heavy atom. The zero-order chi connectivity index (χ0) is 12.4. The number of aliphatic hydroxyl groups is 1. The number of nitrogens with zero attached hydrogens (tertiary/aromatic N) is 3. The molecular weight excluding hydrogens is 246 g/mol. The van der Waals surface area contributed by atoms with E-state index in [1.54, 1.807) is 0 Å². The smallest absolute Gasteiger partial charge is 0.151 e. The van der Waals surface area contributed by atoms with Crippen molar-refractivity contribution in [2.45, 2.75) is 38.6 Å². The molecule has 0 saturated carbocycles. The summed E-state index contributed by atoms with van der Waals surface area (Å²) in [5.41, 5.74) is 0. The van der Waals surface area contributed by atoms with Gasteiger partial charge in [-0.3, -0.25) is 0 Å². The van der Waals surface area contributed by atoms with Crippen LogP contribution in [-0.2, 0) is 19.4 Å². The minimum Gasteiger partial charge on any atom is -0.396 e. The molecule has 0 amide bonds. The van der Waals surface area contributed by atoms with Crippen molar-refractivity contribution < 1.29 is 5.11 Å². The Hall–Kier alpha value is -0.550. The number of thioether (sulfide) groups is 1. The molecule has 2 aliphatic rings. The molecule has 0 aromatic carbocycles. The number of aliphatic hydroxyl groups excluding tert-OH is 1. The van der Waals surface area contributed by atoms with Gasteiger partial charge in [-0.25, -0.2) is 9.67 Å². The minimum atomic E-state index is 0.279. The van der Waals surface area contributed by atoms with Crippen molar-refractivity contribution in [3.63, 3.8) is 0 Å². The van der Waals surface area contributed by atoms with Crippen LogP contribution in [0.1, 0.15) is 30.9 Å². The second-order valence-electron chi connectivity index (χ2n) is 5.50. The van der Waals surface area contributed by atoms with E-state index in [4.69, 9.17) is 0 Å². The Labute approximate surface area is 112 Å². The molecular formula is C13H21N3OS. The van der Waals surface area contributed by atoms with Crippen LogP contribution in [0.4, 0.5) is 0 Å². The van der Waals surface area contributed by atoms with Gasteiger partial charge in [-0.15, -0.1) is 0 Å². The van der Waals surface area contributed by atoms with Crippen molar-refractivity contribution in [2.75, 3.05) is 18.1 Å². The Morgan fingerprint density at radius 3 is 3.06 bits per heavy atom. The highest BCUT2D eigenvalue weighted by molar-refractivity contribution is 7.99. The van der Waals surface area contributed by atoms with Crippen LogP contribution in [-0.4, -0.2) is 38.0 Å². The van der Waals surface area contributed by atoms with E-state index < -0.39 is 0 Å². The fourth-order valence-corrected chi connectivity index (χ4v) is 4.05. The molecule has 1 fully saturated rings. The Balaban J connectivity index is 1.65. The van der Waals surface area contributed by atoms with Crippen LogP contribution in [0.5, 0.6) is 0 Å². The first-order chi connectivity index (χ1) is 8.85. The largest absolute Gasteiger partial charge is 0.396 e. The summed E-state index contributed by atoms with van der Waals surface area (Å²) in [6, 6.07) is 0. The number of hydrogen-bond donors (Lipinski definition) is 1. The van der Waals surface area contributed by atoms with Gasteiger partial charge in [0.15, 0.2) is 5.82 Å². The van der Waals surface area contributed by atoms with Crippen molar-refractivity contribution in [1.82, 2.24) is 14.8 Å². The molecule has 4 nitrogen and oxygen atoms in total. The highest BCUT2D eigenvalue weighted by atomic mass is 32.2. The predicted octanol–water partition coefficient (Wildman–Crippen LogP) is 1.52. The van der Waals surface area contributed by atoms with E-state index in [0.29, 0.717) is 5.92 Å². The van der Waals surface area contributed by atoms with E-state index in [-0.39, 0.29) is 6.61 Å². The zero-order valence-corrected chi connectivity index (χ0v) is 11.5. The lowest BCUT2D eigenvalue weighted by atomic mass is 9.99. The lowest BCUT2D eigenvalue weighted by molar-refractivity contribution is 0.196. The van der Waals surface area contributed by atoms with Gasteiger partial charge >= 0.3 is 0 Å². The maximum Gasteiger partial charge on any atom is 0.151 e. The summed E-state index contributed by atoms with van der Waals surface area (Å²) in [6.07, 6.45) is 5.64. The number of aryl methyl sites for hydroxylation is 1. The van der Waals surface area contributed by atoms with E-state index in [1.165, 1.54) is 24.3 Å². The number of rotatable bonds is 3. The van der Waals surface area contributed by atoms with E-state index in [0.717, 1.165) is 43.4 Å². The monoisotopic (exact) mass is 267 g/mol. The molecule has 0 radical (unpaired) electrons. The summed E-state index contributed by atoms with van der Waals surface area (Å²) >= 11 is 2.07. The molecule has 2 atom stereocenters. The fourth-order valence-electron chi connectivity index (χ4n) is 2.89. The third-order valence-electron chi connectivity index (χ3n) is 4.00. The van der Waals surface area contributed by atoms with Gasteiger partial charge in [0.2, 0.25) is 0 Å². The molecule has 1 N–H and O–H groups in total. The summed E-state index contributed by atoms with van der Waals surface area (Å²) in [5.74, 6) is 5.85. The van der Waals surface area contributed by atoms with Gasteiger partial charge in [0.25, 0.3) is 0 Å². The van der Waals surface area contributed by atoms with Crippen LogP contribution in [0.3, 0.4) is 0 Å². The van der Waals surface area contributed by atoms with Crippen molar-refractivity contribution in [1.29, 1.82) is 0 Å². The topological polar surface area (TPSA) is 50.9 Å². The van der Waals surface area contributed by atoms with Crippen molar-refractivity contribution in [3.8, 4) is 0 Å². The number of fused-ring (bicyclic) bond motifs is 1. The molecule has 0 bridgehead atoms. The standard InChI is InChI=1S/C13H21N3OS/c17-8-10-3-4-16-13(7-10)14-12(15-16)6-11-2-1-5-18-9-11/h10-11,17H,1-9H2. The van der Waals surface area contributed by atoms with Gasteiger partial charge in [0, 0.05) is 26.0 Å². The Kier molecular flexibility index (Phi) is 3.89. The summed E-state index contributed by atoms with van der Waals surface area (Å²) in [5, 5.41) is 13.9. The van der Waals surface area contributed by atoms with Gasteiger partial charge in [-0.1, -0.05) is 0 Å². The normalized spacial score (nSPS) is 28.1. The van der Waals surface area contributed by atoms with Crippen LogP contribution in [0, 0.1) is 11.8 Å². The Morgan fingerprint density at radius 1 is 1.33 bits per heavy atom. The molecule has 0 spiro atoms. The second-order valence-corrected chi connectivity index (χ2v) is 6.65. The van der Waals surface area contributed by atoms with Gasteiger partial charge in [0.1, 0.15) is 5.82 Å². The summed E-state index contributed by atoms with van der Waals surface area (Å²) in [7, 11) is 0. The van der Waals surface area contributed by atoms with E-state index in [9.17, 15) is 5.11 Å². The second kappa shape index (κ2) is 5.61. The van der Waals surface area contributed by atoms with Gasteiger partial charge in [0.05, 0.1) is 0 Å². The van der Waals surface area contributed by atoms with E-state index in [1.807, 2.05) is 0 Å². The molecule has 1 aromatic rings. The predicted molar refractivity (Wildman–Crippen MR) is 72.7 cm³/mol. The average Bonchev–Trinajstić information content (AvgIpc) is 2.80. The van der Waals surface area contributed by atoms with Crippen molar-refractivity contribution in [2.24, 2.45) is 11.8 Å². The minimum absolute atomic E-state index is 0.279. The third-order valence-corrected chi connectivity index (χ3v) is 5.28. The summed E-state index contributed by atoms with van der Waals surface area (Å²) in [6.45, 7) is 1.20. The molecule has 1 aromatic heterocycles. The quantitative estimate of drug-likeness (QED) is 0.902. The summed E-state index contributed by atoms with van der Waals surface area (Å²) < 4.78 is 2.05. The maximum absolute atomic E-state index is 9.22. The molecule has 3 heterocycles. The zero-order valence-electron chi connectivity index (χ0n) is 10.7. The first kappa shape index (κ1) is 12.5. The number of aromatic nitrogens is 3. The average molecular weight is 267 g/mol. The molecule has 1 saturated heterocycles. The molecule has 2 unspecified atom stereocenters. The fraction of sp³-hybridized carbons (Fsp3) is 0.846. The molecule has 0 aliphatic carbocycles.